The standard InChI is InChI=1S/C20H16O3/c21-18-16(12-11-14-7-3-1-4-8-14)19(22)20(23)17(18)13-15-9-5-2-6-10-15/h1-10,13,16H,11-12H2/b17-13+/t16-/m0/s1. The predicted octanol–water partition coefficient (Wildman–Crippen LogP) is 3.04. The highest BCUT2D eigenvalue weighted by atomic mass is 16.2. The van der Waals surface area contributed by atoms with E-state index in [9.17, 15) is 14.4 Å². The van der Waals surface area contributed by atoms with Crippen LogP contribution in [-0.2, 0) is 20.8 Å². The van der Waals surface area contributed by atoms with Crippen LogP contribution in [0.5, 0.6) is 0 Å². The van der Waals surface area contributed by atoms with Gasteiger partial charge in [0.1, 0.15) is 0 Å². The molecule has 3 nitrogen and oxygen atoms in total. The van der Waals surface area contributed by atoms with Gasteiger partial charge in [0.25, 0.3) is 0 Å². The summed E-state index contributed by atoms with van der Waals surface area (Å²) < 4.78 is 0. The quantitative estimate of drug-likeness (QED) is 0.377. The van der Waals surface area contributed by atoms with Gasteiger partial charge in [0.05, 0.1) is 11.5 Å². The van der Waals surface area contributed by atoms with Gasteiger partial charge in [0.15, 0.2) is 5.78 Å². The van der Waals surface area contributed by atoms with E-state index < -0.39 is 17.5 Å². The molecule has 3 heteroatoms. The van der Waals surface area contributed by atoms with Gasteiger partial charge in [-0.1, -0.05) is 60.7 Å². The second kappa shape index (κ2) is 6.53. The Balaban J connectivity index is 1.78. The van der Waals surface area contributed by atoms with Crippen LogP contribution in [0.25, 0.3) is 6.08 Å². The highest BCUT2D eigenvalue weighted by molar-refractivity contribution is 6.60. The van der Waals surface area contributed by atoms with E-state index >= 15 is 0 Å². The highest BCUT2D eigenvalue weighted by Gasteiger charge is 2.43. The minimum atomic E-state index is -0.835. The van der Waals surface area contributed by atoms with Crippen molar-refractivity contribution in [1.82, 2.24) is 0 Å². The fourth-order valence-electron chi connectivity index (χ4n) is 2.78. The van der Waals surface area contributed by atoms with E-state index in [1.54, 1.807) is 12.1 Å². The van der Waals surface area contributed by atoms with Gasteiger partial charge in [0, 0.05) is 0 Å². The first-order chi connectivity index (χ1) is 11.2. The summed E-state index contributed by atoms with van der Waals surface area (Å²) in [6.07, 6.45) is 2.50. The molecule has 0 aromatic heterocycles. The third-order valence-electron chi connectivity index (χ3n) is 4.04. The molecule has 23 heavy (non-hydrogen) atoms. The average Bonchev–Trinajstić information content (AvgIpc) is 2.79. The molecule has 0 saturated heterocycles. The van der Waals surface area contributed by atoms with Crippen LogP contribution in [0.4, 0.5) is 0 Å². The van der Waals surface area contributed by atoms with Crippen LogP contribution in [0.3, 0.4) is 0 Å². The zero-order valence-electron chi connectivity index (χ0n) is 12.6. The number of rotatable bonds is 4. The Morgan fingerprint density at radius 1 is 0.783 bits per heavy atom. The molecule has 2 aromatic rings. The molecular weight excluding hydrogens is 288 g/mol. The maximum absolute atomic E-state index is 12.4. The van der Waals surface area contributed by atoms with Crippen LogP contribution in [0.15, 0.2) is 66.2 Å². The molecule has 0 aliphatic heterocycles. The summed E-state index contributed by atoms with van der Waals surface area (Å²) in [5, 5.41) is 0. The third-order valence-corrected chi connectivity index (χ3v) is 4.04. The van der Waals surface area contributed by atoms with Gasteiger partial charge in [-0.05, 0) is 30.0 Å². The van der Waals surface area contributed by atoms with Gasteiger partial charge < -0.3 is 0 Å². The molecule has 0 radical (unpaired) electrons. The molecule has 1 aliphatic rings. The van der Waals surface area contributed by atoms with Crippen LogP contribution in [0.2, 0.25) is 0 Å². The first-order valence-electron chi connectivity index (χ1n) is 7.60. The van der Waals surface area contributed by atoms with Crippen molar-refractivity contribution >= 4 is 23.4 Å². The van der Waals surface area contributed by atoms with Crippen LogP contribution < -0.4 is 0 Å². The molecule has 0 amide bonds. The summed E-state index contributed by atoms with van der Waals surface area (Å²) in [6.45, 7) is 0. The van der Waals surface area contributed by atoms with Crippen LogP contribution in [0, 0.1) is 5.92 Å². The lowest BCUT2D eigenvalue weighted by molar-refractivity contribution is -0.135. The molecule has 2 aromatic carbocycles. The van der Waals surface area contributed by atoms with E-state index in [1.807, 2.05) is 48.5 Å². The Morgan fingerprint density at radius 2 is 1.39 bits per heavy atom. The summed E-state index contributed by atoms with van der Waals surface area (Å²) in [7, 11) is 0. The number of carbonyl (C=O) groups is 3. The van der Waals surface area contributed by atoms with Gasteiger partial charge in [-0.25, -0.2) is 0 Å². The molecule has 1 aliphatic carbocycles. The van der Waals surface area contributed by atoms with Gasteiger partial charge >= 0.3 is 0 Å². The number of Topliss-reactive ketones (excluding diaryl/α,β-unsaturated/α-hetero) is 3. The number of aryl methyl sites for hydroxylation is 1. The SMILES string of the molecule is O=C1C(=O)[C@@H](CCc2ccccc2)C(=O)/C1=C\c1ccccc1. The van der Waals surface area contributed by atoms with Crippen molar-refractivity contribution in [3.8, 4) is 0 Å². The Bertz CT molecular complexity index is 773. The Hall–Kier alpha value is -2.81. The molecule has 0 spiro atoms. The lowest BCUT2D eigenvalue weighted by Crippen LogP contribution is -2.17. The minimum Gasteiger partial charge on any atom is -0.293 e. The molecule has 1 saturated carbocycles. The van der Waals surface area contributed by atoms with E-state index in [0.29, 0.717) is 12.8 Å². The van der Waals surface area contributed by atoms with Crippen molar-refractivity contribution < 1.29 is 14.4 Å². The van der Waals surface area contributed by atoms with E-state index in [2.05, 4.69) is 0 Å². The number of allylic oxidation sites excluding steroid dienone is 1. The second-order valence-corrected chi connectivity index (χ2v) is 5.60. The topological polar surface area (TPSA) is 51.2 Å². The normalized spacial score (nSPS) is 19.6. The number of benzene rings is 2. The predicted molar refractivity (Wildman–Crippen MR) is 87.7 cm³/mol. The summed E-state index contributed by atoms with van der Waals surface area (Å²) in [4.78, 5) is 36.7. The van der Waals surface area contributed by atoms with Crippen LogP contribution in [-0.4, -0.2) is 17.3 Å². The highest BCUT2D eigenvalue weighted by Crippen LogP contribution is 2.26. The summed E-state index contributed by atoms with van der Waals surface area (Å²) in [5.74, 6) is -2.41. The number of hydrogen-bond acceptors (Lipinski definition) is 3. The maximum atomic E-state index is 12.4. The molecule has 0 heterocycles. The fourth-order valence-corrected chi connectivity index (χ4v) is 2.78. The van der Waals surface area contributed by atoms with Crippen LogP contribution >= 0.6 is 0 Å². The summed E-state index contributed by atoms with van der Waals surface area (Å²) >= 11 is 0. The lowest BCUT2D eigenvalue weighted by atomic mass is 9.96. The molecular formula is C20H16O3. The van der Waals surface area contributed by atoms with Gasteiger partial charge in [-0.2, -0.15) is 0 Å². The maximum Gasteiger partial charge on any atom is 0.232 e. The van der Waals surface area contributed by atoms with Crippen molar-refractivity contribution in [3.05, 3.63) is 77.4 Å². The first-order valence-corrected chi connectivity index (χ1v) is 7.60. The number of hydrogen-bond donors (Lipinski definition) is 0. The Kier molecular flexibility index (Phi) is 4.29. The van der Waals surface area contributed by atoms with Crippen molar-refractivity contribution in [2.24, 2.45) is 5.92 Å². The molecule has 114 valence electrons. The van der Waals surface area contributed by atoms with E-state index in [1.165, 1.54) is 6.08 Å². The smallest absolute Gasteiger partial charge is 0.232 e. The fraction of sp³-hybridized carbons (Fsp3) is 0.150. The number of ketones is 3. The van der Waals surface area contributed by atoms with E-state index in [0.717, 1.165) is 11.1 Å². The van der Waals surface area contributed by atoms with Crippen LogP contribution in [0.1, 0.15) is 17.5 Å². The number of carbonyl (C=O) groups excluding carboxylic acids is 3. The molecule has 0 unspecified atom stereocenters. The Morgan fingerprint density at radius 3 is 2.04 bits per heavy atom. The summed E-state index contributed by atoms with van der Waals surface area (Å²) in [6, 6.07) is 18.8. The zero-order chi connectivity index (χ0) is 16.2. The second-order valence-electron chi connectivity index (χ2n) is 5.60. The lowest BCUT2D eigenvalue weighted by Gasteiger charge is -2.05. The van der Waals surface area contributed by atoms with Gasteiger partial charge in [-0.3, -0.25) is 14.4 Å². The van der Waals surface area contributed by atoms with E-state index in [-0.39, 0.29) is 11.4 Å². The van der Waals surface area contributed by atoms with Crippen molar-refractivity contribution in [1.29, 1.82) is 0 Å². The minimum absolute atomic E-state index is 0.0132. The van der Waals surface area contributed by atoms with Crippen molar-refractivity contribution in [2.45, 2.75) is 12.8 Å². The summed E-state index contributed by atoms with van der Waals surface area (Å²) in [5.41, 5.74) is 1.82. The van der Waals surface area contributed by atoms with Gasteiger partial charge in [-0.15, -0.1) is 0 Å². The molecule has 0 N–H and O–H groups in total. The zero-order valence-corrected chi connectivity index (χ0v) is 12.6. The molecule has 1 fully saturated rings. The van der Waals surface area contributed by atoms with Gasteiger partial charge in [0.2, 0.25) is 11.6 Å². The average molecular weight is 304 g/mol. The molecule has 3 rings (SSSR count). The van der Waals surface area contributed by atoms with E-state index in [4.69, 9.17) is 0 Å². The molecule has 0 bridgehead atoms. The third kappa shape index (κ3) is 3.19. The monoisotopic (exact) mass is 304 g/mol. The van der Waals surface area contributed by atoms with Crippen molar-refractivity contribution in [3.63, 3.8) is 0 Å². The largest absolute Gasteiger partial charge is 0.293 e. The molecule has 1 atom stereocenters. The first kappa shape index (κ1) is 15.1. The van der Waals surface area contributed by atoms with Crippen molar-refractivity contribution in [2.75, 3.05) is 0 Å². The Labute approximate surface area is 134 Å².